The zero-order valence-corrected chi connectivity index (χ0v) is 12.4. The highest BCUT2D eigenvalue weighted by Crippen LogP contribution is 2.18. The van der Waals surface area contributed by atoms with Crippen LogP contribution in [0.15, 0.2) is 0 Å². The Hall–Kier alpha value is -1.76. The third-order valence-corrected chi connectivity index (χ3v) is 3.95. The van der Waals surface area contributed by atoms with Crippen LogP contribution < -0.4 is 0 Å². The van der Waals surface area contributed by atoms with E-state index in [0.717, 1.165) is 56.5 Å². The van der Waals surface area contributed by atoms with Gasteiger partial charge in [0.25, 0.3) is 0 Å². The molecule has 0 saturated heterocycles. The van der Waals surface area contributed by atoms with Crippen molar-refractivity contribution in [1.82, 2.24) is 34.7 Å². The van der Waals surface area contributed by atoms with E-state index in [9.17, 15) is 0 Å². The van der Waals surface area contributed by atoms with Crippen molar-refractivity contribution in [1.29, 1.82) is 0 Å². The van der Waals surface area contributed by atoms with Gasteiger partial charge < -0.3 is 4.57 Å². The second-order valence-corrected chi connectivity index (χ2v) is 5.38. The largest absolute Gasteiger partial charge is 0.330 e. The first-order valence-electron chi connectivity index (χ1n) is 7.19. The van der Waals surface area contributed by atoms with Gasteiger partial charge in [0.15, 0.2) is 5.82 Å². The lowest BCUT2D eigenvalue weighted by Crippen LogP contribution is -2.34. The Kier molecular flexibility index (Phi) is 3.52. The molecule has 0 fully saturated rings. The Bertz CT molecular complexity index is 598. The number of hydrogen-bond acceptors (Lipinski definition) is 5. The minimum atomic E-state index is 0.790. The first-order chi connectivity index (χ1) is 9.69. The van der Waals surface area contributed by atoms with Crippen molar-refractivity contribution in [2.24, 2.45) is 0 Å². The molecular weight excluding hydrogens is 254 g/mol. The van der Waals surface area contributed by atoms with Gasteiger partial charge in [-0.15, -0.1) is 5.10 Å². The summed E-state index contributed by atoms with van der Waals surface area (Å²) in [6.45, 7) is 10.9. The molecule has 0 amide bonds. The van der Waals surface area contributed by atoms with Crippen LogP contribution in [0.3, 0.4) is 0 Å². The Morgan fingerprint density at radius 2 is 2.05 bits per heavy atom. The van der Waals surface area contributed by atoms with Crippen LogP contribution in [0.25, 0.3) is 0 Å². The van der Waals surface area contributed by atoms with Crippen molar-refractivity contribution >= 4 is 0 Å². The molecule has 0 radical (unpaired) electrons. The monoisotopic (exact) mass is 275 g/mol. The number of fused-ring (bicyclic) bond motifs is 1. The second-order valence-electron chi connectivity index (χ2n) is 5.38. The van der Waals surface area contributed by atoms with Crippen LogP contribution in [0, 0.1) is 13.8 Å². The molecule has 1 aliphatic rings. The smallest absolute Gasteiger partial charge is 0.165 e. The molecular formula is C13H21N7. The van der Waals surface area contributed by atoms with Crippen LogP contribution in [0.5, 0.6) is 0 Å². The van der Waals surface area contributed by atoms with Crippen molar-refractivity contribution in [3.05, 3.63) is 23.0 Å². The maximum Gasteiger partial charge on any atom is 0.165 e. The SMILES string of the molecule is CCCn1nnnc1CN1CCn2c(nc(C)c2C)C1. The predicted octanol–water partition coefficient (Wildman–Crippen LogP) is 0.912. The van der Waals surface area contributed by atoms with Gasteiger partial charge >= 0.3 is 0 Å². The summed E-state index contributed by atoms with van der Waals surface area (Å²) in [4.78, 5) is 7.01. The molecule has 0 saturated carbocycles. The van der Waals surface area contributed by atoms with E-state index in [1.807, 2.05) is 4.68 Å². The number of aryl methyl sites for hydroxylation is 2. The maximum atomic E-state index is 4.65. The standard InChI is InChI=1S/C13H21N7/c1-4-5-20-13(15-16-17-20)9-18-6-7-19-11(3)10(2)14-12(19)8-18/h4-9H2,1-3H3. The van der Waals surface area contributed by atoms with Crippen LogP contribution in [-0.2, 0) is 26.2 Å². The highest BCUT2D eigenvalue weighted by Gasteiger charge is 2.21. The normalized spacial score (nSPS) is 15.6. The van der Waals surface area contributed by atoms with Gasteiger partial charge in [-0.25, -0.2) is 9.67 Å². The number of tetrazole rings is 1. The third kappa shape index (κ3) is 2.33. The zero-order valence-electron chi connectivity index (χ0n) is 12.4. The average molecular weight is 275 g/mol. The van der Waals surface area contributed by atoms with E-state index in [1.165, 1.54) is 5.69 Å². The summed E-state index contributed by atoms with van der Waals surface area (Å²) in [7, 11) is 0. The molecule has 0 N–H and O–H groups in total. The Morgan fingerprint density at radius 3 is 2.85 bits per heavy atom. The molecule has 20 heavy (non-hydrogen) atoms. The minimum Gasteiger partial charge on any atom is -0.330 e. The molecule has 0 aliphatic carbocycles. The molecule has 7 nitrogen and oxygen atoms in total. The van der Waals surface area contributed by atoms with Crippen LogP contribution in [0.1, 0.15) is 36.4 Å². The van der Waals surface area contributed by atoms with Crippen molar-refractivity contribution in [2.75, 3.05) is 6.54 Å². The summed E-state index contributed by atoms with van der Waals surface area (Å²) in [6, 6.07) is 0. The van der Waals surface area contributed by atoms with Crippen LogP contribution >= 0.6 is 0 Å². The highest BCUT2D eigenvalue weighted by molar-refractivity contribution is 5.15. The van der Waals surface area contributed by atoms with E-state index in [-0.39, 0.29) is 0 Å². The molecule has 3 heterocycles. The van der Waals surface area contributed by atoms with Crippen molar-refractivity contribution in [3.8, 4) is 0 Å². The quantitative estimate of drug-likeness (QED) is 0.830. The molecule has 7 heteroatoms. The molecule has 2 aromatic rings. The highest BCUT2D eigenvalue weighted by atomic mass is 15.5. The number of hydrogen-bond donors (Lipinski definition) is 0. The average Bonchev–Trinajstić information content (AvgIpc) is 2.97. The lowest BCUT2D eigenvalue weighted by molar-refractivity contribution is 0.199. The first kappa shape index (κ1) is 13.2. The van der Waals surface area contributed by atoms with Gasteiger partial charge in [-0.05, 0) is 30.7 Å². The first-order valence-corrected chi connectivity index (χ1v) is 7.19. The molecule has 108 valence electrons. The van der Waals surface area contributed by atoms with Gasteiger partial charge in [0.05, 0.1) is 18.8 Å². The molecule has 2 aromatic heterocycles. The summed E-state index contributed by atoms with van der Waals surface area (Å²) in [6.07, 6.45) is 1.04. The fraction of sp³-hybridized carbons (Fsp3) is 0.692. The van der Waals surface area contributed by atoms with Crippen LogP contribution in [-0.4, -0.2) is 41.2 Å². The van der Waals surface area contributed by atoms with Gasteiger partial charge in [-0.2, -0.15) is 0 Å². The molecule has 0 unspecified atom stereocenters. The van der Waals surface area contributed by atoms with Crippen molar-refractivity contribution in [2.45, 2.75) is 53.4 Å². The van der Waals surface area contributed by atoms with Crippen LogP contribution in [0.4, 0.5) is 0 Å². The van der Waals surface area contributed by atoms with E-state index in [2.05, 4.69) is 50.7 Å². The van der Waals surface area contributed by atoms with E-state index in [4.69, 9.17) is 0 Å². The minimum absolute atomic E-state index is 0.790. The van der Waals surface area contributed by atoms with Gasteiger partial charge in [-0.1, -0.05) is 6.92 Å². The number of imidazole rings is 1. The fourth-order valence-corrected chi connectivity index (χ4v) is 2.72. The summed E-state index contributed by atoms with van der Waals surface area (Å²) < 4.78 is 4.22. The van der Waals surface area contributed by atoms with E-state index < -0.39 is 0 Å². The summed E-state index contributed by atoms with van der Waals surface area (Å²) in [5, 5.41) is 12.0. The summed E-state index contributed by atoms with van der Waals surface area (Å²) >= 11 is 0. The van der Waals surface area contributed by atoms with Gasteiger partial charge in [0.1, 0.15) is 5.82 Å². The van der Waals surface area contributed by atoms with Crippen LogP contribution in [0.2, 0.25) is 0 Å². The molecule has 1 aliphatic heterocycles. The molecule has 0 atom stereocenters. The number of nitrogens with zero attached hydrogens (tertiary/aromatic N) is 7. The second kappa shape index (κ2) is 5.32. The zero-order chi connectivity index (χ0) is 14.1. The molecule has 0 spiro atoms. The van der Waals surface area contributed by atoms with E-state index >= 15 is 0 Å². The topological polar surface area (TPSA) is 64.7 Å². The third-order valence-electron chi connectivity index (χ3n) is 3.95. The lowest BCUT2D eigenvalue weighted by Gasteiger charge is -2.27. The van der Waals surface area contributed by atoms with Gasteiger partial charge in [-0.3, -0.25) is 4.90 Å². The number of rotatable bonds is 4. The van der Waals surface area contributed by atoms with E-state index in [1.54, 1.807) is 0 Å². The fourth-order valence-electron chi connectivity index (χ4n) is 2.72. The Balaban J connectivity index is 1.72. The van der Waals surface area contributed by atoms with Gasteiger partial charge in [0.2, 0.25) is 0 Å². The van der Waals surface area contributed by atoms with E-state index in [0.29, 0.717) is 0 Å². The molecule has 0 aromatic carbocycles. The Morgan fingerprint density at radius 1 is 1.20 bits per heavy atom. The Labute approximate surface area is 118 Å². The van der Waals surface area contributed by atoms with Crippen molar-refractivity contribution < 1.29 is 0 Å². The summed E-state index contributed by atoms with van der Waals surface area (Å²) in [5.41, 5.74) is 2.42. The molecule has 3 rings (SSSR count). The predicted molar refractivity (Wildman–Crippen MR) is 73.9 cm³/mol. The molecule has 0 bridgehead atoms. The lowest BCUT2D eigenvalue weighted by atomic mass is 10.3. The summed E-state index contributed by atoms with van der Waals surface area (Å²) in [5.74, 6) is 2.10. The number of aromatic nitrogens is 6. The van der Waals surface area contributed by atoms with Crippen molar-refractivity contribution in [3.63, 3.8) is 0 Å². The van der Waals surface area contributed by atoms with Gasteiger partial charge in [0, 0.05) is 25.3 Å². The maximum absolute atomic E-state index is 4.65.